The van der Waals surface area contributed by atoms with Crippen molar-refractivity contribution in [1.82, 2.24) is 4.98 Å². The van der Waals surface area contributed by atoms with Gasteiger partial charge in [-0.25, -0.2) is 4.39 Å². The maximum absolute atomic E-state index is 13.7. The maximum atomic E-state index is 13.7. The van der Waals surface area contributed by atoms with Crippen LogP contribution in [-0.4, -0.2) is 9.97 Å². The summed E-state index contributed by atoms with van der Waals surface area (Å²) < 4.78 is 13.7. The standard InChI is InChI=1S/C13H12FN3S/c1-8-4-10(7-16-6-8)17-9-2-3-11(13(15)18)12(14)5-9/h2-7,17H,1H3,(H2,15,18). The van der Waals surface area contributed by atoms with Crippen LogP contribution in [0.5, 0.6) is 0 Å². The lowest BCUT2D eigenvalue weighted by Gasteiger charge is -2.08. The zero-order valence-electron chi connectivity index (χ0n) is 9.77. The summed E-state index contributed by atoms with van der Waals surface area (Å²) in [5, 5.41) is 3.07. The molecule has 2 aromatic rings. The number of anilines is 2. The molecule has 0 unspecified atom stereocenters. The van der Waals surface area contributed by atoms with Crippen molar-refractivity contribution in [1.29, 1.82) is 0 Å². The Labute approximate surface area is 110 Å². The molecule has 0 radical (unpaired) electrons. The summed E-state index contributed by atoms with van der Waals surface area (Å²) in [6.07, 6.45) is 3.42. The Morgan fingerprint density at radius 1 is 1.28 bits per heavy atom. The van der Waals surface area contributed by atoms with Crippen molar-refractivity contribution in [2.75, 3.05) is 5.32 Å². The number of rotatable bonds is 3. The molecule has 0 saturated carbocycles. The summed E-state index contributed by atoms with van der Waals surface area (Å²) in [5.41, 5.74) is 8.10. The first-order chi connectivity index (χ1) is 8.56. The summed E-state index contributed by atoms with van der Waals surface area (Å²) in [7, 11) is 0. The Kier molecular flexibility index (Phi) is 3.53. The van der Waals surface area contributed by atoms with E-state index in [2.05, 4.69) is 10.3 Å². The van der Waals surface area contributed by atoms with Crippen LogP contribution < -0.4 is 11.1 Å². The average molecular weight is 261 g/mol. The minimum atomic E-state index is -0.437. The van der Waals surface area contributed by atoms with Crippen molar-refractivity contribution in [3.05, 3.63) is 53.6 Å². The number of aromatic nitrogens is 1. The Balaban J connectivity index is 2.25. The van der Waals surface area contributed by atoms with Gasteiger partial charge in [-0.1, -0.05) is 12.2 Å². The van der Waals surface area contributed by atoms with Crippen molar-refractivity contribution in [3.8, 4) is 0 Å². The fourth-order valence-corrected chi connectivity index (χ4v) is 1.75. The highest BCUT2D eigenvalue weighted by molar-refractivity contribution is 7.80. The quantitative estimate of drug-likeness (QED) is 0.834. The maximum Gasteiger partial charge on any atom is 0.135 e. The zero-order valence-corrected chi connectivity index (χ0v) is 10.6. The Hall–Kier alpha value is -2.01. The molecule has 0 saturated heterocycles. The van der Waals surface area contributed by atoms with Crippen LogP contribution in [0.25, 0.3) is 0 Å². The van der Waals surface area contributed by atoms with E-state index in [4.69, 9.17) is 18.0 Å². The number of aryl methyl sites for hydroxylation is 1. The van der Waals surface area contributed by atoms with Gasteiger partial charge in [0, 0.05) is 17.4 Å². The van der Waals surface area contributed by atoms with E-state index in [9.17, 15) is 4.39 Å². The third kappa shape index (κ3) is 2.81. The molecule has 1 heterocycles. The lowest BCUT2D eigenvalue weighted by molar-refractivity contribution is 0.626. The minimum Gasteiger partial charge on any atom is -0.389 e. The van der Waals surface area contributed by atoms with Gasteiger partial charge in [-0.2, -0.15) is 0 Å². The predicted octanol–water partition coefficient (Wildman–Crippen LogP) is 2.91. The number of nitrogens with zero attached hydrogens (tertiary/aromatic N) is 1. The molecule has 3 nitrogen and oxygen atoms in total. The van der Waals surface area contributed by atoms with Crippen molar-refractivity contribution < 1.29 is 4.39 Å². The molecule has 0 bridgehead atoms. The van der Waals surface area contributed by atoms with Crippen LogP contribution >= 0.6 is 12.2 Å². The summed E-state index contributed by atoms with van der Waals surface area (Å²) in [6, 6.07) is 6.56. The van der Waals surface area contributed by atoms with Crippen LogP contribution in [0.15, 0.2) is 36.7 Å². The van der Waals surface area contributed by atoms with Gasteiger partial charge in [0.2, 0.25) is 0 Å². The fraction of sp³-hybridized carbons (Fsp3) is 0.0769. The molecular weight excluding hydrogens is 249 g/mol. The molecule has 2 rings (SSSR count). The van der Waals surface area contributed by atoms with Gasteiger partial charge in [0.25, 0.3) is 0 Å². The second kappa shape index (κ2) is 5.10. The average Bonchev–Trinajstić information content (AvgIpc) is 2.28. The van der Waals surface area contributed by atoms with Gasteiger partial charge in [0.05, 0.1) is 11.9 Å². The Morgan fingerprint density at radius 3 is 2.67 bits per heavy atom. The fourth-order valence-electron chi connectivity index (χ4n) is 1.58. The second-order valence-electron chi connectivity index (χ2n) is 3.93. The summed E-state index contributed by atoms with van der Waals surface area (Å²) in [4.78, 5) is 4.10. The van der Waals surface area contributed by atoms with Gasteiger partial charge in [-0.15, -0.1) is 0 Å². The normalized spacial score (nSPS) is 10.1. The molecule has 0 aliphatic carbocycles. The molecule has 1 aromatic carbocycles. The van der Waals surface area contributed by atoms with Crippen molar-refractivity contribution >= 4 is 28.6 Å². The summed E-state index contributed by atoms with van der Waals surface area (Å²) in [6.45, 7) is 1.94. The molecule has 3 N–H and O–H groups in total. The molecule has 0 aliphatic heterocycles. The molecule has 0 atom stereocenters. The smallest absolute Gasteiger partial charge is 0.135 e. The van der Waals surface area contributed by atoms with E-state index < -0.39 is 5.82 Å². The molecule has 0 amide bonds. The number of nitrogens with two attached hydrogens (primary N) is 1. The Morgan fingerprint density at radius 2 is 2.06 bits per heavy atom. The highest BCUT2D eigenvalue weighted by Crippen LogP contribution is 2.19. The summed E-state index contributed by atoms with van der Waals surface area (Å²) >= 11 is 4.75. The van der Waals surface area contributed by atoms with Crippen LogP contribution in [0.3, 0.4) is 0 Å². The van der Waals surface area contributed by atoms with E-state index in [1.165, 1.54) is 6.07 Å². The van der Waals surface area contributed by atoms with Gasteiger partial charge in [0.15, 0.2) is 0 Å². The van der Waals surface area contributed by atoms with Crippen molar-refractivity contribution in [3.63, 3.8) is 0 Å². The predicted molar refractivity (Wildman–Crippen MR) is 74.5 cm³/mol. The van der Waals surface area contributed by atoms with Gasteiger partial charge >= 0.3 is 0 Å². The van der Waals surface area contributed by atoms with E-state index in [0.29, 0.717) is 5.69 Å². The topological polar surface area (TPSA) is 50.9 Å². The van der Waals surface area contributed by atoms with Crippen LogP contribution in [0.2, 0.25) is 0 Å². The number of pyridine rings is 1. The van der Waals surface area contributed by atoms with Gasteiger partial charge in [-0.05, 0) is 36.8 Å². The van der Waals surface area contributed by atoms with E-state index in [1.807, 2.05) is 13.0 Å². The minimum absolute atomic E-state index is 0.0521. The SMILES string of the molecule is Cc1cncc(Nc2ccc(C(N)=S)c(F)c2)c1. The number of thiocarbonyl (C=S) groups is 1. The van der Waals surface area contributed by atoms with Crippen LogP contribution in [-0.2, 0) is 0 Å². The van der Waals surface area contributed by atoms with E-state index in [0.717, 1.165) is 11.3 Å². The van der Waals surface area contributed by atoms with Gasteiger partial charge in [0.1, 0.15) is 10.8 Å². The van der Waals surface area contributed by atoms with E-state index in [-0.39, 0.29) is 10.6 Å². The van der Waals surface area contributed by atoms with E-state index >= 15 is 0 Å². The second-order valence-corrected chi connectivity index (χ2v) is 4.37. The first-order valence-electron chi connectivity index (χ1n) is 5.34. The number of hydrogen-bond acceptors (Lipinski definition) is 3. The van der Waals surface area contributed by atoms with E-state index in [1.54, 1.807) is 24.5 Å². The monoisotopic (exact) mass is 261 g/mol. The molecular formula is C13H12FN3S. The lowest BCUT2D eigenvalue weighted by atomic mass is 10.2. The van der Waals surface area contributed by atoms with Crippen LogP contribution in [0.1, 0.15) is 11.1 Å². The number of benzene rings is 1. The van der Waals surface area contributed by atoms with Gasteiger partial charge in [-0.3, -0.25) is 4.98 Å². The van der Waals surface area contributed by atoms with Crippen molar-refractivity contribution in [2.24, 2.45) is 5.73 Å². The molecule has 0 spiro atoms. The molecule has 1 aromatic heterocycles. The highest BCUT2D eigenvalue weighted by Gasteiger charge is 2.06. The molecule has 92 valence electrons. The van der Waals surface area contributed by atoms with Crippen molar-refractivity contribution in [2.45, 2.75) is 6.92 Å². The third-order valence-corrected chi connectivity index (χ3v) is 2.62. The number of halogens is 1. The Bertz CT molecular complexity index is 599. The third-order valence-electron chi connectivity index (χ3n) is 2.40. The number of nitrogens with one attached hydrogen (secondary N) is 1. The first kappa shape index (κ1) is 12.4. The molecule has 18 heavy (non-hydrogen) atoms. The molecule has 5 heteroatoms. The van der Waals surface area contributed by atoms with Crippen LogP contribution in [0.4, 0.5) is 15.8 Å². The molecule has 0 aliphatic rings. The highest BCUT2D eigenvalue weighted by atomic mass is 32.1. The number of hydrogen-bond donors (Lipinski definition) is 2. The lowest BCUT2D eigenvalue weighted by Crippen LogP contribution is -2.11. The van der Waals surface area contributed by atoms with Crippen LogP contribution in [0, 0.1) is 12.7 Å². The largest absolute Gasteiger partial charge is 0.389 e. The zero-order chi connectivity index (χ0) is 13.1. The molecule has 0 fully saturated rings. The first-order valence-corrected chi connectivity index (χ1v) is 5.75. The van der Waals surface area contributed by atoms with Gasteiger partial charge < -0.3 is 11.1 Å². The summed E-state index contributed by atoms with van der Waals surface area (Å²) in [5.74, 6) is -0.437.